The number of ether oxygens (including phenoxy) is 2. The van der Waals surface area contributed by atoms with Gasteiger partial charge in [0.1, 0.15) is 6.61 Å². The predicted molar refractivity (Wildman–Crippen MR) is 119 cm³/mol. The molecule has 0 atom stereocenters. The summed E-state index contributed by atoms with van der Waals surface area (Å²) in [6.07, 6.45) is -2.85. The fourth-order valence-corrected chi connectivity index (χ4v) is 3.31. The van der Waals surface area contributed by atoms with Crippen molar-refractivity contribution in [3.63, 3.8) is 0 Å². The van der Waals surface area contributed by atoms with E-state index < -0.39 is 11.7 Å². The van der Waals surface area contributed by atoms with E-state index in [1.807, 2.05) is 12.1 Å². The quantitative estimate of drug-likeness (QED) is 0.269. The number of hydrogen-bond donors (Lipinski definition) is 1. The lowest BCUT2D eigenvalue weighted by atomic mass is 10.2. The van der Waals surface area contributed by atoms with Gasteiger partial charge >= 0.3 is 6.18 Å². The Hall–Kier alpha value is -2.71. The second-order valence-electron chi connectivity index (χ2n) is 6.39. The van der Waals surface area contributed by atoms with Gasteiger partial charge in [-0.15, -0.1) is 0 Å². The maximum atomic E-state index is 12.6. The summed E-state index contributed by atoms with van der Waals surface area (Å²) in [7, 11) is 1.53. The number of anilines is 1. The molecule has 0 aromatic heterocycles. The van der Waals surface area contributed by atoms with Crippen molar-refractivity contribution >= 4 is 39.4 Å². The minimum Gasteiger partial charge on any atom is -0.493 e. The first kappa shape index (κ1) is 23.0. The van der Waals surface area contributed by atoms with Crippen LogP contribution in [0.3, 0.4) is 0 Å². The summed E-state index contributed by atoms with van der Waals surface area (Å²) in [6.45, 7) is 0.328. The molecule has 3 aromatic rings. The van der Waals surface area contributed by atoms with Crippen molar-refractivity contribution in [2.75, 3.05) is 12.5 Å². The molecule has 0 bridgehead atoms. The normalized spacial score (nSPS) is 11.5. The lowest BCUT2D eigenvalue weighted by Gasteiger charge is -2.13. The number of nitrogens with one attached hydrogen (secondary N) is 1. The standard InChI is InChI=1S/C22H17BrClF3N2O2/c1-30-20-11-15(12-28-29-18-8-4-16(5-9-18)22(25,26)27)10-19(23)21(20)31-13-14-2-6-17(24)7-3-14/h2-12,29H,13H2,1H3/b28-12+. The van der Waals surface area contributed by atoms with E-state index in [2.05, 4.69) is 26.5 Å². The van der Waals surface area contributed by atoms with Crippen LogP contribution in [0.1, 0.15) is 16.7 Å². The topological polar surface area (TPSA) is 42.8 Å². The highest BCUT2D eigenvalue weighted by Gasteiger charge is 2.29. The molecular formula is C22H17BrClF3N2O2. The summed E-state index contributed by atoms with van der Waals surface area (Å²) < 4.78 is 49.8. The number of halogens is 5. The largest absolute Gasteiger partial charge is 0.493 e. The van der Waals surface area contributed by atoms with Crippen molar-refractivity contribution in [1.29, 1.82) is 0 Å². The first-order valence-corrected chi connectivity index (χ1v) is 10.1. The van der Waals surface area contributed by atoms with Gasteiger partial charge in [0.15, 0.2) is 11.5 Å². The van der Waals surface area contributed by atoms with Crippen LogP contribution >= 0.6 is 27.5 Å². The summed E-state index contributed by atoms with van der Waals surface area (Å²) >= 11 is 9.37. The number of methoxy groups -OCH3 is 1. The third kappa shape index (κ3) is 6.38. The third-order valence-corrected chi connectivity index (χ3v) is 5.01. The summed E-state index contributed by atoms with van der Waals surface area (Å²) in [5.74, 6) is 1.03. The number of rotatable bonds is 7. The minimum atomic E-state index is -4.37. The van der Waals surface area contributed by atoms with Gasteiger partial charge in [0.05, 0.1) is 29.0 Å². The van der Waals surface area contributed by atoms with Crippen LogP contribution < -0.4 is 14.9 Å². The van der Waals surface area contributed by atoms with E-state index in [9.17, 15) is 13.2 Å². The molecule has 162 valence electrons. The summed E-state index contributed by atoms with van der Waals surface area (Å²) in [6, 6.07) is 15.4. The Labute approximate surface area is 190 Å². The molecule has 0 aliphatic carbocycles. The van der Waals surface area contributed by atoms with Gasteiger partial charge < -0.3 is 9.47 Å². The first-order valence-electron chi connectivity index (χ1n) is 8.97. The number of hydrazone groups is 1. The van der Waals surface area contributed by atoms with E-state index in [-0.39, 0.29) is 0 Å². The van der Waals surface area contributed by atoms with Crippen LogP contribution in [0.15, 0.2) is 70.2 Å². The van der Waals surface area contributed by atoms with Crippen LogP contribution in [0.2, 0.25) is 5.02 Å². The number of nitrogens with zero attached hydrogens (tertiary/aromatic N) is 1. The van der Waals surface area contributed by atoms with Crippen LogP contribution in [0.25, 0.3) is 0 Å². The van der Waals surface area contributed by atoms with Crippen molar-refractivity contribution in [2.45, 2.75) is 12.8 Å². The van der Waals surface area contributed by atoms with Crippen LogP contribution in [0.4, 0.5) is 18.9 Å². The monoisotopic (exact) mass is 512 g/mol. The summed E-state index contributed by atoms with van der Waals surface area (Å²) in [5, 5.41) is 4.71. The highest BCUT2D eigenvalue weighted by Crippen LogP contribution is 2.37. The van der Waals surface area contributed by atoms with Gasteiger partial charge in [-0.25, -0.2) is 0 Å². The van der Waals surface area contributed by atoms with Crippen LogP contribution in [0, 0.1) is 0 Å². The molecule has 0 aliphatic rings. The Bertz CT molecular complexity index is 1060. The number of alkyl halides is 3. The van der Waals surface area contributed by atoms with Gasteiger partial charge in [-0.2, -0.15) is 18.3 Å². The number of benzene rings is 3. The Morgan fingerprint density at radius 3 is 2.35 bits per heavy atom. The molecule has 0 unspecified atom stereocenters. The van der Waals surface area contributed by atoms with E-state index in [1.54, 1.807) is 24.3 Å². The zero-order chi connectivity index (χ0) is 22.4. The molecule has 0 saturated heterocycles. The van der Waals surface area contributed by atoms with Crippen molar-refractivity contribution < 1.29 is 22.6 Å². The van der Waals surface area contributed by atoms with Gasteiger partial charge in [0.25, 0.3) is 0 Å². The third-order valence-electron chi connectivity index (χ3n) is 4.17. The molecule has 0 saturated carbocycles. The fraction of sp³-hybridized carbons (Fsp3) is 0.136. The minimum absolute atomic E-state index is 0.328. The molecule has 0 amide bonds. The Morgan fingerprint density at radius 1 is 1.06 bits per heavy atom. The predicted octanol–water partition coefficient (Wildman–Crippen LogP) is 7.15. The fourth-order valence-electron chi connectivity index (χ4n) is 2.61. The van der Waals surface area contributed by atoms with Crippen LogP contribution in [0.5, 0.6) is 11.5 Å². The summed E-state index contributed by atoms with van der Waals surface area (Å²) in [5.41, 5.74) is 4.05. The molecule has 4 nitrogen and oxygen atoms in total. The van der Waals surface area contributed by atoms with Gasteiger partial charge in [0.2, 0.25) is 0 Å². The molecule has 3 aromatic carbocycles. The Kier molecular flexibility index (Phi) is 7.46. The van der Waals surface area contributed by atoms with Crippen molar-refractivity contribution in [3.8, 4) is 11.5 Å². The Morgan fingerprint density at radius 2 is 1.74 bits per heavy atom. The molecule has 0 spiro atoms. The molecule has 31 heavy (non-hydrogen) atoms. The van der Waals surface area contributed by atoms with Gasteiger partial charge in [-0.3, -0.25) is 5.43 Å². The van der Waals surface area contributed by atoms with E-state index >= 15 is 0 Å². The van der Waals surface area contributed by atoms with Gasteiger partial charge in [-0.1, -0.05) is 23.7 Å². The van der Waals surface area contributed by atoms with Crippen LogP contribution in [-0.4, -0.2) is 13.3 Å². The molecule has 0 radical (unpaired) electrons. The van der Waals surface area contributed by atoms with E-state index in [1.165, 1.54) is 25.5 Å². The van der Waals surface area contributed by atoms with Crippen LogP contribution in [-0.2, 0) is 12.8 Å². The van der Waals surface area contributed by atoms with E-state index in [0.29, 0.717) is 38.9 Å². The SMILES string of the molecule is COc1cc(/C=N/Nc2ccc(C(F)(F)F)cc2)cc(Br)c1OCc1ccc(Cl)cc1. The highest BCUT2D eigenvalue weighted by atomic mass is 79.9. The van der Waals surface area contributed by atoms with E-state index in [4.69, 9.17) is 21.1 Å². The lowest BCUT2D eigenvalue weighted by Crippen LogP contribution is -2.04. The molecule has 3 rings (SSSR count). The molecule has 9 heteroatoms. The van der Waals surface area contributed by atoms with E-state index in [0.717, 1.165) is 17.7 Å². The molecule has 0 aliphatic heterocycles. The van der Waals surface area contributed by atoms with Gasteiger partial charge in [0, 0.05) is 5.02 Å². The lowest BCUT2D eigenvalue weighted by molar-refractivity contribution is -0.137. The maximum Gasteiger partial charge on any atom is 0.416 e. The van der Waals surface area contributed by atoms with Crippen molar-refractivity contribution in [2.24, 2.45) is 5.10 Å². The second-order valence-corrected chi connectivity index (χ2v) is 7.69. The smallest absolute Gasteiger partial charge is 0.416 e. The second kappa shape index (κ2) is 10.1. The Balaban J connectivity index is 1.68. The van der Waals surface area contributed by atoms with Gasteiger partial charge in [-0.05, 0) is 75.6 Å². The highest BCUT2D eigenvalue weighted by molar-refractivity contribution is 9.10. The zero-order valence-corrected chi connectivity index (χ0v) is 18.6. The molecular weight excluding hydrogens is 497 g/mol. The average Bonchev–Trinajstić information content (AvgIpc) is 2.73. The summed E-state index contributed by atoms with van der Waals surface area (Å²) in [4.78, 5) is 0. The molecule has 0 fully saturated rings. The molecule has 0 heterocycles. The zero-order valence-electron chi connectivity index (χ0n) is 16.2. The first-order chi connectivity index (χ1) is 14.8. The van der Waals surface area contributed by atoms with Crippen molar-refractivity contribution in [3.05, 3.63) is 86.8 Å². The molecule has 1 N–H and O–H groups in total. The number of hydrogen-bond acceptors (Lipinski definition) is 4. The maximum absolute atomic E-state index is 12.6. The average molecular weight is 514 g/mol. The van der Waals surface area contributed by atoms with Crippen molar-refractivity contribution in [1.82, 2.24) is 0 Å².